The maximum atomic E-state index is 12.3. The minimum Gasteiger partial charge on any atom is -0.387 e. The number of imidazole rings is 2. The number of nitrogens with one attached hydrogen (secondary N) is 2. The van der Waals surface area contributed by atoms with Crippen molar-refractivity contribution in [2.45, 2.75) is 25.3 Å². The first-order valence-corrected chi connectivity index (χ1v) is 9.00. The topological polar surface area (TPSA) is 202 Å². The van der Waals surface area contributed by atoms with Crippen LogP contribution < -0.4 is 31.7 Å². The second-order valence-corrected chi connectivity index (χ2v) is 7.14. The highest BCUT2D eigenvalue weighted by atomic mass is 16.3. The Hall–Kier alpha value is -3.78. The third-order valence-corrected chi connectivity index (χ3v) is 4.87. The molecule has 0 aliphatic heterocycles. The Kier molecular flexibility index (Phi) is 4.51. The van der Waals surface area contributed by atoms with Gasteiger partial charge in [-0.3, -0.25) is 28.7 Å². The van der Waals surface area contributed by atoms with Crippen molar-refractivity contribution in [2.75, 3.05) is 11.5 Å². The zero-order chi connectivity index (χ0) is 21.7. The molecule has 0 unspecified atom stereocenters. The summed E-state index contributed by atoms with van der Waals surface area (Å²) >= 11 is 0. The highest BCUT2D eigenvalue weighted by Gasteiger charge is 2.28. The van der Waals surface area contributed by atoms with Crippen LogP contribution in [0.1, 0.15) is 0 Å². The predicted molar refractivity (Wildman–Crippen MR) is 104 cm³/mol. The Balaban J connectivity index is 1.62. The van der Waals surface area contributed by atoms with Crippen LogP contribution in [0, 0.1) is 0 Å². The minimum absolute atomic E-state index is 0.0201. The van der Waals surface area contributed by atoms with E-state index in [-0.39, 0.29) is 36.0 Å². The monoisotopic (exact) mass is 418 g/mol. The van der Waals surface area contributed by atoms with E-state index in [9.17, 15) is 19.8 Å². The van der Waals surface area contributed by atoms with Crippen LogP contribution in [0.5, 0.6) is 0 Å². The van der Waals surface area contributed by atoms with Crippen molar-refractivity contribution >= 4 is 34.2 Å². The van der Waals surface area contributed by atoms with Crippen molar-refractivity contribution in [3.05, 3.63) is 33.4 Å². The van der Waals surface area contributed by atoms with Gasteiger partial charge >= 0.3 is 11.3 Å². The number of hydrogen-bond donors (Lipinski definition) is 6. The molecule has 0 aliphatic rings. The van der Waals surface area contributed by atoms with Crippen molar-refractivity contribution in [3.63, 3.8) is 0 Å². The summed E-state index contributed by atoms with van der Waals surface area (Å²) in [5.74, 6) is -0.0403. The Morgan fingerprint density at radius 2 is 1.27 bits per heavy atom. The van der Waals surface area contributed by atoms with Crippen LogP contribution in [-0.4, -0.2) is 51.5 Å². The zero-order valence-corrected chi connectivity index (χ0v) is 16.3. The molecule has 0 radical (unpaired) electrons. The van der Waals surface area contributed by atoms with Gasteiger partial charge in [-0.25, -0.2) is 9.13 Å². The fourth-order valence-electron chi connectivity index (χ4n) is 3.52. The van der Waals surface area contributed by atoms with E-state index in [1.165, 1.54) is 9.13 Å². The highest BCUT2D eigenvalue weighted by molar-refractivity contribution is 5.67. The summed E-state index contributed by atoms with van der Waals surface area (Å²) in [5, 5.41) is 21.1. The lowest BCUT2D eigenvalue weighted by Gasteiger charge is -2.15. The van der Waals surface area contributed by atoms with Crippen LogP contribution in [-0.2, 0) is 27.2 Å². The van der Waals surface area contributed by atoms with Gasteiger partial charge in [-0.15, -0.1) is 0 Å². The third kappa shape index (κ3) is 3.17. The summed E-state index contributed by atoms with van der Waals surface area (Å²) in [6.45, 7) is -0.167. The van der Waals surface area contributed by atoms with Crippen molar-refractivity contribution < 1.29 is 19.3 Å². The number of aryl methyl sites for hydroxylation is 2. The van der Waals surface area contributed by atoms with Gasteiger partial charge in [0, 0.05) is 0 Å². The normalized spacial score (nSPS) is 13.9. The molecule has 14 nitrogen and oxygen atoms in total. The van der Waals surface area contributed by atoms with Gasteiger partial charge in [0.15, 0.2) is 12.7 Å². The molecular weight excluding hydrogens is 396 g/mol. The quantitative estimate of drug-likeness (QED) is 0.176. The highest BCUT2D eigenvalue weighted by Crippen LogP contribution is 2.10. The number of H-pyrrole nitrogens is 2. The molecule has 0 fully saturated rings. The summed E-state index contributed by atoms with van der Waals surface area (Å²) in [6, 6.07) is 0. The third-order valence-electron chi connectivity index (χ3n) is 4.87. The maximum absolute atomic E-state index is 12.3. The molecule has 14 heteroatoms. The van der Waals surface area contributed by atoms with Crippen LogP contribution in [0.2, 0.25) is 0 Å². The Morgan fingerprint density at radius 1 is 0.900 bits per heavy atom. The standard InChI is InChI=1S/C16H20N10O4/c1-23-5-25(9-11(23)19-15(17)21-13(9)29)3-7(27)8(28)4-26-6-24(2)12-10(26)14(30)22-16(18)20-12/h5-8,27-28H,3-4H2,1-2H3,(H4-2,17,18,19,20,21,22,29,30)/p+2/t7-,8-/m1/s1. The average Bonchev–Trinajstić information content (AvgIpc) is 3.12. The number of aliphatic hydroxyl groups is 2. The van der Waals surface area contributed by atoms with Crippen LogP contribution in [0.3, 0.4) is 0 Å². The van der Waals surface area contributed by atoms with Gasteiger partial charge < -0.3 is 21.7 Å². The number of nitrogens with two attached hydrogens (primary N) is 2. The van der Waals surface area contributed by atoms with Crippen LogP contribution in [0.15, 0.2) is 22.2 Å². The predicted octanol–water partition coefficient (Wildman–Crippen LogP) is -4.00. The van der Waals surface area contributed by atoms with E-state index in [0.717, 1.165) is 0 Å². The van der Waals surface area contributed by atoms with Crippen molar-refractivity contribution in [3.8, 4) is 0 Å². The Bertz CT molecular complexity index is 1270. The minimum atomic E-state index is -1.25. The molecule has 0 saturated carbocycles. The first-order chi connectivity index (χ1) is 14.2. The molecule has 8 N–H and O–H groups in total. The number of hydrogen-bond acceptors (Lipinski definition) is 8. The summed E-state index contributed by atoms with van der Waals surface area (Å²) in [5.41, 5.74) is 11.4. The molecule has 4 aromatic rings. The fourth-order valence-corrected chi connectivity index (χ4v) is 3.52. The summed E-state index contributed by atoms with van der Waals surface area (Å²) in [6.07, 6.45) is 0.650. The van der Waals surface area contributed by atoms with Gasteiger partial charge in [-0.2, -0.15) is 0 Å². The second-order valence-electron chi connectivity index (χ2n) is 7.14. The van der Waals surface area contributed by atoms with Gasteiger partial charge in [0.1, 0.15) is 12.2 Å². The van der Waals surface area contributed by atoms with Gasteiger partial charge in [0.25, 0.3) is 23.0 Å². The van der Waals surface area contributed by atoms with E-state index in [4.69, 9.17) is 11.5 Å². The molecule has 30 heavy (non-hydrogen) atoms. The lowest BCUT2D eigenvalue weighted by atomic mass is 10.2. The number of aromatic nitrogens is 8. The smallest absolute Gasteiger partial charge is 0.311 e. The lowest BCUT2D eigenvalue weighted by molar-refractivity contribution is -0.647. The number of anilines is 2. The summed E-state index contributed by atoms with van der Waals surface area (Å²) < 4.78 is 6.15. The van der Waals surface area contributed by atoms with Crippen LogP contribution in [0.4, 0.5) is 11.9 Å². The largest absolute Gasteiger partial charge is 0.387 e. The number of nitrogens with zero attached hydrogens (tertiary/aromatic N) is 6. The summed E-state index contributed by atoms with van der Waals surface area (Å²) in [7, 11) is 3.37. The number of aliphatic hydroxyl groups excluding tert-OH is 2. The molecule has 0 saturated heterocycles. The average molecular weight is 418 g/mol. The molecule has 0 spiro atoms. The lowest BCUT2D eigenvalue weighted by Crippen LogP contribution is -2.35. The van der Waals surface area contributed by atoms with Crippen molar-refractivity contribution in [1.29, 1.82) is 0 Å². The molecule has 2 atom stereocenters. The van der Waals surface area contributed by atoms with E-state index in [0.29, 0.717) is 11.3 Å². The number of fused-ring (bicyclic) bond motifs is 2. The molecule has 4 rings (SSSR count). The van der Waals surface area contributed by atoms with E-state index in [1.807, 2.05) is 0 Å². The van der Waals surface area contributed by atoms with E-state index >= 15 is 0 Å². The summed E-state index contributed by atoms with van der Waals surface area (Å²) in [4.78, 5) is 37.6. The van der Waals surface area contributed by atoms with Gasteiger partial charge in [0.05, 0.1) is 27.2 Å². The van der Waals surface area contributed by atoms with Crippen LogP contribution >= 0.6 is 0 Å². The molecule has 0 amide bonds. The van der Waals surface area contributed by atoms with E-state index in [1.54, 1.807) is 35.9 Å². The van der Waals surface area contributed by atoms with Crippen molar-refractivity contribution in [2.24, 2.45) is 14.1 Å². The van der Waals surface area contributed by atoms with E-state index < -0.39 is 23.3 Å². The van der Waals surface area contributed by atoms with Gasteiger partial charge in [-0.1, -0.05) is 9.97 Å². The van der Waals surface area contributed by atoms with Gasteiger partial charge in [-0.05, 0) is 0 Å². The zero-order valence-electron chi connectivity index (χ0n) is 16.3. The molecule has 0 bridgehead atoms. The number of aromatic amines is 2. The molecule has 0 aliphatic carbocycles. The number of nitrogen functional groups attached to an aromatic ring is 2. The maximum Gasteiger partial charge on any atom is 0.311 e. The first-order valence-electron chi connectivity index (χ1n) is 9.00. The molecule has 0 aromatic carbocycles. The SMILES string of the molecule is C[n+]1cn(C[C@@H](O)[C@H](O)Cn2c[n+](C)c3nc(N)[nH]c(=O)c32)c2c(=O)[nH]c(N)nc21. The molecule has 4 heterocycles. The molecule has 4 aromatic heterocycles. The first kappa shape index (κ1) is 19.5. The number of rotatable bonds is 5. The Morgan fingerprint density at radius 3 is 1.63 bits per heavy atom. The van der Waals surface area contributed by atoms with E-state index in [2.05, 4.69) is 19.9 Å². The molecular formula is C16H22N10O4+2. The Labute approximate surface area is 167 Å². The van der Waals surface area contributed by atoms with Crippen molar-refractivity contribution in [1.82, 2.24) is 29.1 Å². The second kappa shape index (κ2) is 6.93. The fraction of sp³-hybridized carbons (Fsp3) is 0.375. The van der Waals surface area contributed by atoms with Gasteiger partial charge in [0.2, 0.25) is 11.0 Å². The van der Waals surface area contributed by atoms with Crippen LogP contribution in [0.25, 0.3) is 22.3 Å². The molecule has 158 valence electrons.